The molecule has 1 N–H and O–H groups in total. The number of carbonyl (C=O) groups is 2. The smallest absolute Gasteiger partial charge is 0.268 e. The van der Waals surface area contributed by atoms with Crippen LogP contribution in [0.15, 0.2) is 108 Å². The van der Waals surface area contributed by atoms with E-state index in [0.717, 1.165) is 15.4 Å². The lowest BCUT2D eigenvalue weighted by molar-refractivity contribution is -0.128. The Bertz CT molecular complexity index is 1680. The number of anilines is 2. The molecule has 0 radical (unpaired) electrons. The highest BCUT2D eigenvalue weighted by Gasteiger charge is 2.37. The molecule has 0 saturated carbocycles. The molecule has 0 saturated heterocycles. The molecule has 42 heavy (non-hydrogen) atoms. The van der Waals surface area contributed by atoms with Gasteiger partial charge in [-0.15, -0.1) is 0 Å². The first-order valence-corrected chi connectivity index (χ1v) is 14.8. The maximum atomic E-state index is 14.1. The number of fused-ring (bicyclic) bond motifs is 1. The number of hydrogen-bond acceptors (Lipinski definition) is 6. The first-order valence-electron chi connectivity index (χ1n) is 13.4. The summed E-state index contributed by atoms with van der Waals surface area (Å²) in [7, 11) is -2.85. The number of methoxy groups -OCH3 is 1. The molecule has 0 aliphatic carbocycles. The van der Waals surface area contributed by atoms with E-state index in [4.69, 9.17) is 9.47 Å². The van der Waals surface area contributed by atoms with Gasteiger partial charge in [-0.2, -0.15) is 0 Å². The van der Waals surface area contributed by atoms with Crippen LogP contribution in [0.1, 0.15) is 11.1 Å². The van der Waals surface area contributed by atoms with Gasteiger partial charge in [0, 0.05) is 6.54 Å². The van der Waals surface area contributed by atoms with Crippen LogP contribution in [0.3, 0.4) is 0 Å². The first-order chi connectivity index (χ1) is 20.3. The molecule has 10 heteroatoms. The van der Waals surface area contributed by atoms with Crippen molar-refractivity contribution in [2.24, 2.45) is 0 Å². The molecule has 2 amide bonds. The fourth-order valence-electron chi connectivity index (χ4n) is 4.73. The van der Waals surface area contributed by atoms with Gasteiger partial charge in [0.1, 0.15) is 22.9 Å². The monoisotopic (exact) mass is 585 g/mol. The second kappa shape index (κ2) is 12.4. The third kappa shape index (κ3) is 6.08. The second-order valence-electron chi connectivity index (χ2n) is 9.78. The number of amides is 2. The number of carbonyl (C=O) groups excluding carboxylic acids is 2. The van der Waals surface area contributed by atoms with Crippen molar-refractivity contribution >= 4 is 33.2 Å². The summed E-state index contributed by atoms with van der Waals surface area (Å²) in [4.78, 5) is 28.5. The van der Waals surface area contributed by atoms with Crippen LogP contribution in [0, 0.1) is 6.92 Å². The number of aryl methyl sites for hydroxylation is 1. The third-order valence-electron chi connectivity index (χ3n) is 6.89. The van der Waals surface area contributed by atoms with Crippen molar-refractivity contribution < 1.29 is 27.5 Å². The molecular weight excluding hydrogens is 554 g/mol. The van der Waals surface area contributed by atoms with Crippen LogP contribution in [0.25, 0.3) is 0 Å². The molecule has 0 bridgehead atoms. The van der Waals surface area contributed by atoms with E-state index in [1.165, 1.54) is 18.1 Å². The molecule has 4 aromatic rings. The quantitative estimate of drug-likeness (QED) is 0.314. The summed E-state index contributed by atoms with van der Waals surface area (Å²) in [6, 6.07) is 29.6. The zero-order valence-electron chi connectivity index (χ0n) is 23.3. The highest BCUT2D eigenvalue weighted by molar-refractivity contribution is 7.93. The van der Waals surface area contributed by atoms with Crippen molar-refractivity contribution in [2.75, 3.05) is 29.4 Å². The molecule has 9 nitrogen and oxygen atoms in total. The van der Waals surface area contributed by atoms with Gasteiger partial charge in [0.2, 0.25) is 5.91 Å². The van der Waals surface area contributed by atoms with Crippen LogP contribution in [0.2, 0.25) is 0 Å². The summed E-state index contributed by atoms with van der Waals surface area (Å²) in [6.45, 7) is 1.47. The SMILES string of the molecule is COc1ccc(C)cc1S(=O)(=O)N(CC(=O)N1C[C@H](C(=O)NCc2ccccc2)Oc2ccccc21)c1ccccc1. The van der Waals surface area contributed by atoms with Crippen LogP contribution < -0.4 is 24.0 Å². The summed E-state index contributed by atoms with van der Waals surface area (Å²) in [5.74, 6) is -0.388. The van der Waals surface area contributed by atoms with Gasteiger partial charge in [-0.25, -0.2) is 8.42 Å². The number of benzene rings is 4. The average Bonchev–Trinajstić information content (AvgIpc) is 3.02. The Balaban J connectivity index is 1.45. The van der Waals surface area contributed by atoms with Gasteiger partial charge in [0.15, 0.2) is 6.10 Å². The van der Waals surface area contributed by atoms with E-state index in [1.807, 2.05) is 30.3 Å². The molecule has 0 aromatic heterocycles. The molecule has 1 atom stereocenters. The van der Waals surface area contributed by atoms with E-state index in [0.29, 0.717) is 23.7 Å². The van der Waals surface area contributed by atoms with E-state index < -0.39 is 28.6 Å². The normalized spacial score (nSPS) is 14.3. The Kier molecular flexibility index (Phi) is 8.44. The maximum Gasteiger partial charge on any atom is 0.268 e. The lowest BCUT2D eigenvalue weighted by Crippen LogP contribution is -2.53. The molecule has 216 valence electrons. The van der Waals surface area contributed by atoms with Crippen LogP contribution in [-0.4, -0.2) is 46.5 Å². The topological polar surface area (TPSA) is 105 Å². The molecule has 0 spiro atoms. The number of para-hydroxylation sites is 3. The van der Waals surface area contributed by atoms with Gasteiger partial charge in [-0.1, -0.05) is 66.7 Å². The highest BCUT2D eigenvalue weighted by atomic mass is 32.2. The van der Waals surface area contributed by atoms with Crippen molar-refractivity contribution in [2.45, 2.75) is 24.5 Å². The van der Waals surface area contributed by atoms with Crippen LogP contribution in [0.5, 0.6) is 11.5 Å². The zero-order valence-corrected chi connectivity index (χ0v) is 24.1. The molecule has 0 unspecified atom stereocenters. The minimum Gasteiger partial charge on any atom is -0.495 e. The highest BCUT2D eigenvalue weighted by Crippen LogP contribution is 2.35. The molecular formula is C32H31N3O6S. The number of ether oxygens (including phenoxy) is 2. The van der Waals surface area contributed by atoms with E-state index >= 15 is 0 Å². The molecule has 0 fully saturated rings. The van der Waals surface area contributed by atoms with Crippen LogP contribution in [-0.2, 0) is 26.2 Å². The van der Waals surface area contributed by atoms with Gasteiger partial charge in [-0.05, 0) is 54.4 Å². The van der Waals surface area contributed by atoms with Gasteiger partial charge < -0.3 is 19.7 Å². The summed E-state index contributed by atoms with van der Waals surface area (Å²) in [5.41, 5.74) is 2.41. The Morgan fingerprint density at radius 2 is 1.62 bits per heavy atom. The Morgan fingerprint density at radius 1 is 0.952 bits per heavy atom. The standard InChI is InChI=1S/C32H31N3O6S/c1-23-17-18-28(40-2)30(19-23)42(38,39)35(25-13-7-4-8-14-25)22-31(36)34-21-29(41-27-16-10-9-15-26(27)34)32(37)33-20-24-11-5-3-6-12-24/h3-19,29H,20-22H2,1-2H3,(H,33,37)/t29-/m1/s1. The second-order valence-corrected chi connectivity index (χ2v) is 11.6. The van der Waals surface area contributed by atoms with Crippen LogP contribution >= 0.6 is 0 Å². The summed E-state index contributed by atoms with van der Waals surface area (Å²) in [6.07, 6.45) is -0.994. The first kappa shape index (κ1) is 28.7. The Labute approximate surface area is 245 Å². The van der Waals surface area contributed by atoms with Crippen molar-refractivity contribution in [1.29, 1.82) is 0 Å². The fourth-order valence-corrected chi connectivity index (χ4v) is 6.39. The summed E-state index contributed by atoms with van der Waals surface area (Å²) >= 11 is 0. The zero-order chi connectivity index (χ0) is 29.7. The van der Waals surface area contributed by atoms with Gasteiger partial charge in [-0.3, -0.25) is 13.9 Å². The largest absolute Gasteiger partial charge is 0.495 e. The van der Waals surface area contributed by atoms with Crippen LogP contribution in [0.4, 0.5) is 11.4 Å². The number of hydrogen-bond donors (Lipinski definition) is 1. The molecule has 1 aliphatic rings. The number of nitrogens with zero attached hydrogens (tertiary/aromatic N) is 2. The number of nitrogens with one attached hydrogen (secondary N) is 1. The van der Waals surface area contributed by atoms with Crippen molar-refractivity contribution in [1.82, 2.24) is 5.32 Å². The van der Waals surface area contributed by atoms with Gasteiger partial charge in [0.05, 0.1) is 25.0 Å². The lowest BCUT2D eigenvalue weighted by atomic mass is 10.1. The maximum absolute atomic E-state index is 14.1. The predicted molar refractivity (Wildman–Crippen MR) is 160 cm³/mol. The molecule has 1 aliphatic heterocycles. The molecule has 1 heterocycles. The van der Waals surface area contributed by atoms with E-state index in [9.17, 15) is 18.0 Å². The minimum atomic E-state index is -4.25. The van der Waals surface area contributed by atoms with Gasteiger partial charge in [0.25, 0.3) is 15.9 Å². The third-order valence-corrected chi connectivity index (χ3v) is 8.68. The van der Waals surface area contributed by atoms with Crippen molar-refractivity contribution in [3.8, 4) is 11.5 Å². The number of sulfonamides is 1. The van der Waals surface area contributed by atoms with E-state index in [1.54, 1.807) is 73.7 Å². The number of rotatable bonds is 9. The minimum absolute atomic E-state index is 0.0535. The lowest BCUT2D eigenvalue weighted by Gasteiger charge is -2.35. The fraction of sp³-hybridized carbons (Fsp3) is 0.188. The van der Waals surface area contributed by atoms with E-state index in [-0.39, 0.29) is 23.1 Å². The Morgan fingerprint density at radius 3 is 2.33 bits per heavy atom. The summed E-state index contributed by atoms with van der Waals surface area (Å²) in [5, 5.41) is 2.87. The van der Waals surface area contributed by atoms with Gasteiger partial charge >= 0.3 is 0 Å². The molecule has 5 rings (SSSR count). The van der Waals surface area contributed by atoms with E-state index in [2.05, 4.69) is 5.32 Å². The predicted octanol–water partition coefficient (Wildman–Crippen LogP) is 4.31. The Hall–Kier alpha value is -4.83. The van der Waals surface area contributed by atoms with Crippen molar-refractivity contribution in [3.63, 3.8) is 0 Å². The van der Waals surface area contributed by atoms with Crippen molar-refractivity contribution in [3.05, 3.63) is 114 Å². The summed E-state index contributed by atoms with van der Waals surface area (Å²) < 4.78 is 40.6. The average molecular weight is 586 g/mol. The molecule has 4 aromatic carbocycles.